The summed E-state index contributed by atoms with van der Waals surface area (Å²) >= 11 is 15.5. The number of benzene rings is 2. The fourth-order valence-corrected chi connectivity index (χ4v) is 8.81. The average molecular weight is 621 g/mol. The van der Waals surface area contributed by atoms with Crippen molar-refractivity contribution in [2.75, 3.05) is 10.2 Å². The van der Waals surface area contributed by atoms with E-state index in [9.17, 15) is 23.6 Å². The zero-order valence-corrected chi connectivity index (χ0v) is 23.6. The molecule has 1 fully saturated rings. The van der Waals surface area contributed by atoms with E-state index in [4.69, 9.17) is 23.2 Å². The summed E-state index contributed by atoms with van der Waals surface area (Å²) in [4.78, 5) is 55.6. The van der Waals surface area contributed by atoms with Crippen LogP contribution in [0.3, 0.4) is 0 Å². The SMILES string of the molecule is O=C(Cn1c2c(sc1=O)[C@@H](c1cccs1)[C@@H]1C(=O)N(c3ccc(F)cc3)C(=O)[C@@H]1S2)Nc1ccc(Cl)c(Cl)c1. The molecule has 0 unspecified atom stereocenters. The van der Waals surface area contributed by atoms with E-state index in [0.717, 1.165) is 32.9 Å². The fraction of sp³-hybridized carbons (Fsp3) is 0.154. The lowest BCUT2D eigenvalue weighted by molar-refractivity contribution is -0.122. The lowest BCUT2D eigenvalue weighted by Gasteiger charge is -2.29. The number of nitrogens with zero attached hydrogens (tertiary/aromatic N) is 2. The van der Waals surface area contributed by atoms with E-state index in [1.165, 1.54) is 46.2 Å². The van der Waals surface area contributed by atoms with E-state index in [0.29, 0.717) is 20.6 Å². The van der Waals surface area contributed by atoms with Gasteiger partial charge in [0.15, 0.2) is 0 Å². The molecule has 2 aromatic carbocycles. The van der Waals surface area contributed by atoms with Crippen molar-refractivity contribution in [3.05, 3.63) is 95.3 Å². The van der Waals surface area contributed by atoms with Gasteiger partial charge in [0.2, 0.25) is 17.7 Å². The number of fused-ring (bicyclic) bond motifs is 2. The molecule has 2 aliphatic heterocycles. The van der Waals surface area contributed by atoms with Crippen molar-refractivity contribution < 1.29 is 18.8 Å². The van der Waals surface area contributed by atoms with Gasteiger partial charge in [0.1, 0.15) is 17.6 Å². The first-order valence-corrected chi connectivity index (χ1v) is 14.9. The van der Waals surface area contributed by atoms with Gasteiger partial charge in [-0.3, -0.25) is 23.7 Å². The minimum absolute atomic E-state index is 0.273. The van der Waals surface area contributed by atoms with Gasteiger partial charge < -0.3 is 5.32 Å². The average Bonchev–Trinajstić information content (AvgIpc) is 3.60. The summed E-state index contributed by atoms with van der Waals surface area (Å²) in [7, 11) is 0. The second-order valence-corrected chi connectivity index (χ2v) is 12.8. The van der Waals surface area contributed by atoms with Gasteiger partial charge in [-0.1, -0.05) is 52.4 Å². The zero-order chi connectivity index (χ0) is 27.4. The van der Waals surface area contributed by atoms with Gasteiger partial charge in [-0.15, -0.1) is 11.3 Å². The predicted molar refractivity (Wildman–Crippen MR) is 152 cm³/mol. The highest BCUT2D eigenvalue weighted by Gasteiger charge is 2.57. The molecule has 39 heavy (non-hydrogen) atoms. The Morgan fingerprint density at radius 2 is 1.77 bits per heavy atom. The number of hydrogen-bond acceptors (Lipinski definition) is 7. The van der Waals surface area contributed by atoms with E-state index < -0.39 is 40.6 Å². The summed E-state index contributed by atoms with van der Waals surface area (Å²) in [6, 6.07) is 13.6. The van der Waals surface area contributed by atoms with E-state index in [1.54, 1.807) is 12.1 Å². The molecular formula is C26H16Cl2FN3O4S3. The number of thiazole rings is 1. The number of thioether (sulfide) groups is 1. The number of aromatic nitrogens is 1. The third-order valence-corrected chi connectivity index (χ3v) is 10.8. The van der Waals surface area contributed by atoms with Crippen molar-refractivity contribution in [3.8, 4) is 0 Å². The number of carbonyl (C=O) groups excluding carboxylic acids is 3. The van der Waals surface area contributed by atoms with Gasteiger partial charge in [-0.25, -0.2) is 9.29 Å². The third kappa shape index (κ3) is 4.62. The Morgan fingerprint density at radius 3 is 2.46 bits per heavy atom. The van der Waals surface area contributed by atoms with E-state index in [-0.39, 0.29) is 22.1 Å². The highest BCUT2D eigenvalue weighted by atomic mass is 35.5. The highest BCUT2D eigenvalue weighted by molar-refractivity contribution is 8.00. The number of rotatable bonds is 5. The topological polar surface area (TPSA) is 88.5 Å². The molecule has 0 bridgehead atoms. The Kier molecular flexibility index (Phi) is 6.88. The molecule has 1 N–H and O–H groups in total. The van der Waals surface area contributed by atoms with Crippen LogP contribution in [0.5, 0.6) is 0 Å². The van der Waals surface area contributed by atoms with Gasteiger partial charge in [-0.05, 0) is 53.9 Å². The maximum atomic E-state index is 13.7. The summed E-state index contributed by atoms with van der Waals surface area (Å²) in [5.41, 5.74) is 0.704. The van der Waals surface area contributed by atoms with E-state index >= 15 is 0 Å². The van der Waals surface area contributed by atoms with Crippen molar-refractivity contribution in [2.24, 2.45) is 5.92 Å². The highest BCUT2D eigenvalue weighted by Crippen LogP contribution is 2.54. The standard InChI is InChI=1S/C26H16Cl2FN3O4S3/c27-15-8-5-13(10-16(15)28)30-18(33)11-31-25-22(39-26(31)36)19(17-2-1-9-37-17)20-21(38-25)24(35)32(23(20)34)14-6-3-12(29)4-7-14/h1-10,19-21H,11H2,(H,30,33)/t19-,20-,21+/m0/s1. The summed E-state index contributed by atoms with van der Waals surface area (Å²) in [5, 5.41) is 4.86. The first kappa shape index (κ1) is 26.3. The molecule has 2 aliphatic rings. The maximum absolute atomic E-state index is 13.7. The molecule has 1 saturated heterocycles. The Bertz CT molecular complexity index is 1690. The van der Waals surface area contributed by atoms with Crippen LogP contribution in [0, 0.1) is 11.7 Å². The van der Waals surface area contributed by atoms with Crippen LogP contribution in [0.2, 0.25) is 10.0 Å². The van der Waals surface area contributed by atoms with Crippen molar-refractivity contribution in [2.45, 2.75) is 22.7 Å². The number of thiophene rings is 1. The zero-order valence-electron chi connectivity index (χ0n) is 19.6. The van der Waals surface area contributed by atoms with Gasteiger partial charge in [0, 0.05) is 21.4 Å². The van der Waals surface area contributed by atoms with Crippen LogP contribution in [0.25, 0.3) is 0 Å². The van der Waals surface area contributed by atoms with Crippen LogP contribution in [0.1, 0.15) is 15.7 Å². The third-order valence-electron chi connectivity index (χ3n) is 6.49. The lowest BCUT2D eigenvalue weighted by atomic mass is 9.87. The Hall–Kier alpha value is -2.96. The maximum Gasteiger partial charge on any atom is 0.308 e. The monoisotopic (exact) mass is 619 g/mol. The van der Waals surface area contributed by atoms with Crippen LogP contribution < -0.4 is 15.1 Å². The lowest BCUT2D eigenvalue weighted by Crippen LogP contribution is -2.32. The number of anilines is 2. The molecule has 7 nitrogen and oxygen atoms in total. The molecule has 0 spiro atoms. The van der Waals surface area contributed by atoms with Crippen molar-refractivity contribution >= 4 is 86.7 Å². The van der Waals surface area contributed by atoms with Crippen LogP contribution in [-0.4, -0.2) is 27.5 Å². The summed E-state index contributed by atoms with van der Waals surface area (Å²) in [6.45, 7) is -0.295. The molecule has 4 heterocycles. The Morgan fingerprint density at radius 1 is 1.00 bits per heavy atom. The Balaban J connectivity index is 1.37. The number of amides is 3. The molecule has 4 aromatic rings. The van der Waals surface area contributed by atoms with Crippen molar-refractivity contribution in [1.29, 1.82) is 0 Å². The second-order valence-electron chi connectivity index (χ2n) is 8.85. The molecular weight excluding hydrogens is 604 g/mol. The molecule has 0 radical (unpaired) electrons. The van der Waals surface area contributed by atoms with Crippen LogP contribution >= 0.6 is 57.6 Å². The molecule has 3 amide bonds. The predicted octanol–water partition coefficient (Wildman–Crippen LogP) is 5.85. The summed E-state index contributed by atoms with van der Waals surface area (Å²) in [6.07, 6.45) is 0. The van der Waals surface area contributed by atoms with Crippen LogP contribution in [0.4, 0.5) is 15.8 Å². The molecule has 2 aromatic heterocycles. The molecule has 6 rings (SSSR count). The minimum atomic E-state index is -0.819. The van der Waals surface area contributed by atoms with E-state index in [1.807, 2.05) is 17.5 Å². The number of halogens is 3. The van der Waals surface area contributed by atoms with Gasteiger partial charge >= 0.3 is 4.87 Å². The second kappa shape index (κ2) is 10.2. The smallest absolute Gasteiger partial charge is 0.308 e. The van der Waals surface area contributed by atoms with Gasteiger partial charge in [0.05, 0.1) is 26.7 Å². The number of hydrogen-bond donors (Lipinski definition) is 1. The molecule has 0 saturated carbocycles. The normalized spacial score (nSPS) is 20.2. The number of imide groups is 1. The largest absolute Gasteiger partial charge is 0.324 e. The van der Waals surface area contributed by atoms with Crippen molar-refractivity contribution in [3.63, 3.8) is 0 Å². The molecule has 13 heteroatoms. The number of nitrogens with one attached hydrogen (secondary N) is 1. The minimum Gasteiger partial charge on any atom is -0.324 e. The molecule has 0 aliphatic carbocycles. The van der Waals surface area contributed by atoms with Gasteiger partial charge in [-0.2, -0.15) is 0 Å². The quantitative estimate of drug-likeness (QED) is 0.283. The number of carbonyl (C=O) groups is 3. The van der Waals surface area contributed by atoms with Gasteiger partial charge in [0.25, 0.3) is 0 Å². The first-order chi connectivity index (χ1) is 18.7. The summed E-state index contributed by atoms with van der Waals surface area (Å²) < 4.78 is 14.9. The molecule has 3 atom stereocenters. The van der Waals surface area contributed by atoms with Crippen molar-refractivity contribution in [1.82, 2.24) is 4.57 Å². The van der Waals surface area contributed by atoms with E-state index in [2.05, 4.69) is 5.32 Å². The fourth-order valence-electron chi connectivity index (χ4n) is 4.79. The Labute approximate surface area is 243 Å². The van der Waals surface area contributed by atoms with Crippen LogP contribution in [0.15, 0.2) is 69.8 Å². The first-order valence-electron chi connectivity index (χ1n) is 11.5. The molecule has 198 valence electrons. The summed E-state index contributed by atoms with van der Waals surface area (Å²) in [5.74, 6) is -3.09. The van der Waals surface area contributed by atoms with Crippen LogP contribution in [-0.2, 0) is 20.9 Å².